The number of carbonyl (C=O) groups excluding carboxylic acids is 1. The number of benzene rings is 2. The summed E-state index contributed by atoms with van der Waals surface area (Å²) < 4.78 is 16.0. The fourth-order valence-electron chi connectivity index (χ4n) is 2.86. The topological polar surface area (TPSA) is 60.4 Å². The monoisotopic (exact) mass is 420 g/mol. The predicted molar refractivity (Wildman–Crippen MR) is 112 cm³/mol. The summed E-state index contributed by atoms with van der Waals surface area (Å²) in [6.07, 6.45) is 0. The molecule has 0 unspecified atom stereocenters. The van der Waals surface area contributed by atoms with Crippen LogP contribution in [-0.2, 0) is 5.75 Å². The molecule has 1 heterocycles. The van der Waals surface area contributed by atoms with Gasteiger partial charge in [0.1, 0.15) is 0 Å². The molecule has 1 amide bonds. The Labute approximate surface area is 173 Å². The maximum absolute atomic E-state index is 13.1. The molecule has 0 N–H and O–H groups in total. The van der Waals surface area contributed by atoms with Gasteiger partial charge in [0.05, 0.1) is 27.9 Å². The number of amidine groups is 1. The number of halogens is 1. The minimum atomic E-state index is -0.165. The molecule has 0 spiro atoms. The van der Waals surface area contributed by atoms with E-state index < -0.39 is 0 Å². The van der Waals surface area contributed by atoms with Crippen molar-refractivity contribution in [2.75, 3.05) is 34.4 Å². The van der Waals surface area contributed by atoms with Crippen molar-refractivity contribution >= 4 is 34.4 Å². The third-order valence-corrected chi connectivity index (χ3v) is 5.70. The fourth-order valence-corrected chi connectivity index (χ4v) is 4.19. The summed E-state index contributed by atoms with van der Waals surface area (Å²) in [5, 5.41) is 1.38. The van der Waals surface area contributed by atoms with Crippen molar-refractivity contribution in [2.24, 2.45) is 4.99 Å². The van der Waals surface area contributed by atoms with Crippen molar-refractivity contribution in [1.29, 1.82) is 0 Å². The Morgan fingerprint density at radius 1 is 1.14 bits per heavy atom. The third-order valence-electron chi connectivity index (χ3n) is 4.27. The molecule has 0 saturated carbocycles. The van der Waals surface area contributed by atoms with Gasteiger partial charge >= 0.3 is 0 Å². The number of thioether (sulfide) groups is 1. The number of hydrogen-bond donors (Lipinski definition) is 0. The molecule has 8 heteroatoms. The standard InChI is InChI=1S/C20H21ClN2O4S/c1-25-16-10-14(11-17(26-2)18(16)27-3)19(24)23-9-8-22-20(23)28-12-13-6-4-5-7-15(13)21/h4-7,10-11H,8-9,12H2,1-3H3. The molecule has 2 aromatic rings. The molecule has 0 aromatic heterocycles. The first-order valence-electron chi connectivity index (χ1n) is 8.61. The summed E-state index contributed by atoms with van der Waals surface area (Å²) in [7, 11) is 4.57. The molecular formula is C20H21ClN2O4S. The lowest BCUT2D eigenvalue weighted by Gasteiger charge is -2.20. The summed E-state index contributed by atoms with van der Waals surface area (Å²) in [6, 6.07) is 11.0. The predicted octanol–water partition coefficient (Wildman–Crippen LogP) is 4.11. The second-order valence-corrected chi connectivity index (χ2v) is 7.26. The normalized spacial score (nSPS) is 13.3. The number of hydrogen-bond acceptors (Lipinski definition) is 6. The molecule has 2 aromatic carbocycles. The Morgan fingerprint density at radius 2 is 1.82 bits per heavy atom. The van der Waals surface area contributed by atoms with E-state index in [-0.39, 0.29) is 5.91 Å². The van der Waals surface area contributed by atoms with E-state index in [0.717, 1.165) is 5.56 Å². The first-order valence-corrected chi connectivity index (χ1v) is 9.98. The molecule has 148 valence electrons. The molecule has 3 rings (SSSR count). The zero-order valence-corrected chi connectivity index (χ0v) is 17.5. The van der Waals surface area contributed by atoms with Crippen molar-refractivity contribution in [3.05, 3.63) is 52.5 Å². The van der Waals surface area contributed by atoms with Crippen LogP contribution in [0.3, 0.4) is 0 Å². The van der Waals surface area contributed by atoms with Gasteiger partial charge in [0, 0.05) is 22.9 Å². The number of nitrogens with zero attached hydrogens (tertiary/aromatic N) is 2. The van der Waals surface area contributed by atoms with Gasteiger partial charge < -0.3 is 14.2 Å². The van der Waals surface area contributed by atoms with Crippen LogP contribution >= 0.6 is 23.4 Å². The van der Waals surface area contributed by atoms with Crippen LogP contribution in [0.1, 0.15) is 15.9 Å². The van der Waals surface area contributed by atoms with E-state index in [1.54, 1.807) is 17.0 Å². The Bertz CT molecular complexity index is 879. The summed E-state index contributed by atoms with van der Waals surface area (Å²) in [5.74, 6) is 1.79. The van der Waals surface area contributed by atoms with Crippen molar-refractivity contribution in [3.63, 3.8) is 0 Å². The van der Waals surface area contributed by atoms with Gasteiger partial charge in [0.25, 0.3) is 5.91 Å². The largest absolute Gasteiger partial charge is 0.493 e. The van der Waals surface area contributed by atoms with Gasteiger partial charge in [-0.2, -0.15) is 0 Å². The van der Waals surface area contributed by atoms with Crippen molar-refractivity contribution in [3.8, 4) is 17.2 Å². The second kappa shape index (κ2) is 9.21. The number of carbonyl (C=O) groups is 1. The van der Waals surface area contributed by atoms with Crippen molar-refractivity contribution in [1.82, 2.24) is 4.90 Å². The van der Waals surface area contributed by atoms with E-state index in [0.29, 0.717) is 51.8 Å². The SMILES string of the molecule is COc1cc(C(=O)N2CCN=C2SCc2ccccc2Cl)cc(OC)c1OC. The van der Waals surface area contributed by atoms with Gasteiger partial charge in [-0.3, -0.25) is 14.7 Å². The number of rotatable bonds is 6. The number of amides is 1. The molecule has 28 heavy (non-hydrogen) atoms. The molecule has 6 nitrogen and oxygen atoms in total. The zero-order chi connectivity index (χ0) is 20.1. The lowest BCUT2D eigenvalue weighted by atomic mass is 10.1. The Kier molecular flexibility index (Phi) is 6.70. The minimum absolute atomic E-state index is 0.165. The quantitative estimate of drug-likeness (QED) is 0.703. The second-order valence-electron chi connectivity index (χ2n) is 5.92. The minimum Gasteiger partial charge on any atom is -0.493 e. The Morgan fingerprint density at radius 3 is 2.43 bits per heavy atom. The highest BCUT2D eigenvalue weighted by Gasteiger charge is 2.27. The first kappa shape index (κ1) is 20.4. The summed E-state index contributed by atoms with van der Waals surface area (Å²) in [5.41, 5.74) is 1.45. The van der Waals surface area contributed by atoms with Crippen LogP contribution in [0.15, 0.2) is 41.4 Å². The van der Waals surface area contributed by atoms with E-state index >= 15 is 0 Å². The average molecular weight is 421 g/mol. The maximum Gasteiger partial charge on any atom is 0.260 e. The van der Waals surface area contributed by atoms with Gasteiger partial charge in [-0.25, -0.2) is 0 Å². The first-order chi connectivity index (χ1) is 13.6. The zero-order valence-electron chi connectivity index (χ0n) is 15.9. The van der Waals surface area contributed by atoms with Crippen LogP contribution in [0.25, 0.3) is 0 Å². The van der Waals surface area contributed by atoms with E-state index in [2.05, 4.69) is 4.99 Å². The van der Waals surface area contributed by atoms with E-state index in [1.165, 1.54) is 33.1 Å². The smallest absolute Gasteiger partial charge is 0.260 e. The molecule has 0 atom stereocenters. The molecule has 1 aliphatic heterocycles. The fraction of sp³-hybridized carbons (Fsp3) is 0.300. The van der Waals surface area contributed by atoms with Crippen LogP contribution in [0.2, 0.25) is 5.02 Å². The molecule has 0 fully saturated rings. The van der Waals surface area contributed by atoms with Crippen molar-refractivity contribution in [2.45, 2.75) is 5.75 Å². The van der Waals surface area contributed by atoms with Crippen LogP contribution in [0.5, 0.6) is 17.2 Å². The Hall–Kier alpha value is -2.38. The Balaban J connectivity index is 1.80. The molecule has 0 bridgehead atoms. The lowest BCUT2D eigenvalue weighted by Crippen LogP contribution is -2.32. The van der Waals surface area contributed by atoms with Crippen LogP contribution in [-0.4, -0.2) is 50.4 Å². The van der Waals surface area contributed by atoms with E-state index in [9.17, 15) is 4.79 Å². The molecule has 0 radical (unpaired) electrons. The van der Waals surface area contributed by atoms with Crippen LogP contribution < -0.4 is 14.2 Å². The van der Waals surface area contributed by atoms with Gasteiger partial charge in [-0.05, 0) is 23.8 Å². The van der Waals surface area contributed by atoms with Crippen LogP contribution in [0.4, 0.5) is 0 Å². The average Bonchev–Trinajstić information content (AvgIpc) is 3.20. The number of methoxy groups -OCH3 is 3. The van der Waals surface area contributed by atoms with Gasteiger partial charge in [-0.1, -0.05) is 41.6 Å². The maximum atomic E-state index is 13.1. The summed E-state index contributed by atoms with van der Waals surface area (Å²) in [6.45, 7) is 1.10. The number of aliphatic imine (C=N–C) groups is 1. The highest BCUT2D eigenvalue weighted by molar-refractivity contribution is 8.13. The summed E-state index contributed by atoms with van der Waals surface area (Å²) in [4.78, 5) is 19.3. The molecular weight excluding hydrogens is 400 g/mol. The lowest BCUT2D eigenvalue weighted by molar-refractivity contribution is 0.0860. The van der Waals surface area contributed by atoms with E-state index in [4.69, 9.17) is 25.8 Å². The van der Waals surface area contributed by atoms with Crippen molar-refractivity contribution < 1.29 is 19.0 Å². The van der Waals surface area contributed by atoms with Gasteiger partial charge in [0.2, 0.25) is 5.75 Å². The number of ether oxygens (including phenoxy) is 3. The summed E-state index contributed by atoms with van der Waals surface area (Å²) >= 11 is 7.72. The molecule has 1 aliphatic rings. The van der Waals surface area contributed by atoms with Crippen LogP contribution in [0, 0.1) is 0 Å². The third kappa shape index (κ3) is 4.20. The molecule has 0 saturated heterocycles. The highest BCUT2D eigenvalue weighted by atomic mass is 35.5. The van der Waals surface area contributed by atoms with Gasteiger partial charge in [-0.15, -0.1) is 0 Å². The molecule has 0 aliphatic carbocycles. The van der Waals surface area contributed by atoms with Gasteiger partial charge in [0.15, 0.2) is 16.7 Å². The van der Waals surface area contributed by atoms with E-state index in [1.807, 2.05) is 24.3 Å². The highest BCUT2D eigenvalue weighted by Crippen LogP contribution is 2.38.